The molecule has 0 atom stereocenters. The predicted molar refractivity (Wildman–Crippen MR) is 58.4 cm³/mol. The van der Waals surface area contributed by atoms with Crippen LogP contribution in [-0.2, 0) is 0 Å². The topological polar surface area (TPSA) is 85.1 Å². The van der Waals surface area contributed by atoms with Crippen LogP contribution in [0.15, 0.2) is 24.5 Å². The summed E-state index contributed by atoms with van der Waals surface area (Å²) in [5, 5.41) is 13.0. The zero-order chi connectivity index (χ0) is 12.4. The molecule has 0 unspecified atom stereocenters. The Labute approximate surface area is 96.5 Å². The summed E-state index contributed by atoms with van der Waals surface area (Å²) in [5.41, 5.74) is 1.37. The molecule has 0 saturated heterocycles. The van der Waals surface area contributed by atoms with Crippen LogP contribution in [0.25, 0.3) is 5.69 Å². The lowest BCUT2D eigenvalue weighted by Gasteiger charge is -2.06. The molecule has 0 amide bonds. The van der Waals surface area contributed by atoms with Crippen LogP contribution in [0.2, 0.25) is 0 Å². The molecular formula is C11H9N3O3. The molecule has 0 bridgehead atoms. The fourth-order valence-corrected chi connectivity index (χ4v) is 1.54. The minimum absolute atomic E-state index is 0.0381. The number of aldehydes is 1. The maximum Gasteiger partial charge on any atom is 0.339 e. The van der Waals surface area contributed by atoms with Gasteiger partial charge in [-0.15, -0.1) is 0 Å². The fourth-order valence-electron chi connectivity index (χ4n) is 1.54. The number of hydrogen-bond acceptors (Lipinski definition) is 4. The van der Waals surface area contributed by atoms with Crippen molar-refractivity contribution in [3.63, 3.8) is 0 Å². The summed E-state index contributed by atoms with van der Waals surface area (Å²) in [6.07, 6.45) is 3.34. The second-order valence-corrected chi connectivity index (χ2v) is 3.44. The number of rotatable bonds is 3. The molecule has 0 aliphatic carbocycles. The Morgan fingerprint density at radius 1 is 1.53 bits per heavy atom. The minimum atomic E-state index is -1.09. The van der Waals surface area contributed by atoms with E-state index in [-0.39, 0.29) is 11.3 Å². The van der Waals surface area contributed by atoms with Gasteiger partial charge in [-0.05, 0) is 19.1 Å². The number of hydrogen-bond donors (Lipinski definition) is 1. The van der Waals surface area contributed by atoms with E-state index in [1.54, 1.807) is 13.0 Å². The second kappa shape index (κ2) is 4.17. The Bertz CT molecular complexity index is 589. The number of pyridine rings is 1. The molecule has 2 rings (SSSR count). The number of carboxylic acids is 1. The third kappa shape index (κ3) is 1.92. The Balaban J connectivity index is 2.63. The minimum Gasteiger partial charge on any atom is -0.478 e. The number of aromatic nitrogens is 3. The lowest BCUT2D eigenvalue weighted by molar-refractivity contribution is 0.0696. The Morgan fingerprint density at radius 3 is 2.88 bits per heavy atom. The average molecular weight is 231 g/mol. The number of carboxylic acid groups (broad SMARTS) is 1. The van der Waals surface area contributed by atoms with Crippen LogP contribution in [0, 0.1) is 6.92 Å². The van der Waals surface area contributed by atoms with Gasteiger partial charge in [0.15, 0.2) is 6.29 Å². The molecule has 0 aromatic carbocycles. The molecule has 17 heavy (non-hydrogen) atoms. The molecule has 6 heteroatoms. The largest absolute Gasteiger partial charge is 0.478 e. The number of carbonyl (C=O) groups is 2. The van der Waals surface area contributed by atoms with Gasteiger partial charge in [-0.25, -0.2) is 9.48 Å². The van der Waals surface area contributed by atoms with Crippen molar-refractivity contribution in [2.24, 2.45) is 0 Å². The summed E-state index contributed by atoms with van der Waals surface area (Å²) in [7, 11) is 0. The molecular weight excluding hydrogens is 222 g/mol. The lowest BCUT2D eigenvalue weighted by atomic mass is 10.2. The molecule has 6 nitrogen and oxygen atoms in total. The van der Waals surface area contributed by atoms with Crippen molar-refractivity contribution in [3.05, 3.63) is 41.5 Å². The van der Waals surface area contributed by atoms with Crippen molar-refractivity contribution in [1.29, 1.82) is 0 Å². The molecule has 0 saturated carbocycles. The van der Waals surface area contributed by atoms with Gasteiger partial charge >= 0.3 is 5.97 Å². The van der Waals surface area contributed by atoms with Crippen LogP contribution in [0.3, 0.4) is 0 Å². The van der Waals surface area contributed by atoms with Crippen molar-refractivity contribution < 1.29 is 14.7 Å². The van der Waals surface area contributed by atoms with E-state index in [9.17, 15) is 9.59 Å². The highest BCUT2D eigenvalue weighted by molar-refractivity contribution is 5.91. The zero-order valence-electron chi connectivity index (χ0n) is 8.99. The molecule has 0 spiro atoms. The fraction of sp³-hybridized carbons (Fsp3) is 0.0909. The highest BCUT2D eigenvalue weighted by Crippen LogP contribution is 2.15. The first-order valence-corrected chi connectivity index (χ1v) is 4.83. The van der Waals surface area contributed by atoms with Gasteiger partial charge in [0, 0.05) is 18.1 Å². The quantitative estimate of drug-likeness (QED) is 0.799. The van der Waals surface area contributed by atoms with E-state index in [1.807, 2.05) is 0 Å². The van der Waals surface area contributed by atoms with Gasteiger partial charge in [0.2, 0.25) is 0 Å². The Kier molecular flexibility index (Phi) is 2.70. The third-order valence-electron chi connectivity index (χ3n) is 2.28. The first-order valence-electron chi connectivity index (χ1n) is 4.83. The SMILES string of the molecule is Cc1cc(C=O)nn1-c1ccncc1C(=O)O. The van der Waals surface area contributed by atoms with E-state index in [0.717, 1.165) is 0 Å². The van der Waals surface area contributed by atoms with Crippen molar-refractivity contribution in [1.82, 2.24) is 14.8 Å². The van der Waals surface area contributed by atoms with Gasteiger partial charge in [-0.1, -0.05) is 0 Å². The monoisotopic (exact) mass is 231 g/mol. The number of aromatic carboxylic acids is 1. The van der Waals surface area contributed by atoms with E-state index in [4.69, 9.17) is 5.11 Å². The first-order chi connectivity index (χ1) is 8.13. The van der Waals surface area contributed by atoms with Gasteiger partial charge in [-0.3, -0.25) is 9.78 Å². The van der Waals surface area contributed by atoms with Gasteiger partial charge in [0.1, 0.15) is 11.3 Å². The maximum absolute atomic E-state index is 11.0. The number of nitrogens with zero attached hydrogens (tertiary/aromatic N) is 3. The van der Waals surface area contributed by atoms with Crippen molar-refractivity contribution in [3.8, 4) is 5.69 Å². The second-order valence-electron chi connectivity index (χ2n) is 3.44. The average Bonchev–Trinajstić information content (AvgIpc) is 2.70. The summed E-state index contributed by atoms with van der Waals surface area (Å²) >= 11 is 0. The van der Waals surface area contributed by atoms with Crippen LogP contribution in [0.4, 0.5) is 0 Å². The molecule has 0 radical (unpaired) electrons. The van der Waals surface area contributed by atoms with E-state index in [0.29, 0.717) is 17.7 Å². The summed E-state index contributed by atoms with van der Waals surface area (Å²) in [5.74, 6) is -1.09. The van der Waals surface area contributed by atoms with E-state index in [1.165, 1.54) is 23.1 Å². The van der Waals surface area contributed by atoms with Crippen LogP contribution >= 0.6 is 0 Å². The lowest BCUT2D eigenvalue weighted by Crippen LogP contribution is -2.08. The molecule has 0 fully saturated rings. The van der Waals surface area contributed by atoms with Gasteiger partial charge in [0.05, 0.1) is 5.69 Å². The van der Waals surface area contributed by atoms with E-state index >= 15 is 0 Å². The molecule has 0 aliphatic heterocycles. The summed E-state index contributed by atoms with van der Waals surface area (Å²) in [4.78, 5) is 25.4. The molecule has 86 valence electrons. The summed E-state index contributed by atoms with van der Waals surface area (Å²) in [6.45, 7) is 1.74. The van der Waals surface area contributed by atoms with Crippen molar-refractivity contribution >= 4 is 12.3 Å². The zero-order valence-corrected chi connectivity index (χ0v) is 8.99. The normalized spacial score (nSPS) is 10.2. The number of aryl methyl sites for hydroxylation is 1. The highest BCUT2D eigenvalue weighted by atomic mass is 16.4. The smallest absolute Gasteiger partial charge is 0.339 e. The van der Waals surface area contributed by atoms with Crippen molar-refractivity contribution in [2.45, 2.75) is 6.92 Å². The van der Waals surface area contributed by atoms with Crippen molar-refractivity contribution in [2.75, 3.05) is 0 Å². The Hall–Kier alpha value is -2.50. The standard InChI is InChI=1S/C11H9N3O3/c1-7-4-8(6-15)13-14(7)10-2-3-12-5-9(10)11(16)17/h2-6H,1H3,(H,16,17). The maximum atomic E-state index is 11.0. The molecule has 0 aliphatic rings. The summed E-state index contributed by atoms with van der Waals surface area (Å²) in [6, 6.07) is 3.12. The molecule has 2 heterocycles. The molecule has 2 aromatic rings. The van der Waals surface area contributed by atoms with Crippen LogP contribution in [0.5, 0.6) is 0 Å². The number of carbonyl (C=O) groups excluding carboxylic acids is 1. The van der Waals surface area contributed by atoms with Crippen LogP contribution in [0.1, 0.15) is 26.5 Å². The predicted octanol–water partition coefficient (Wildman–Crippen LogP) is 1.09. The van der Waals surface area contributed by atoms with E-state index < -0.39 is 5.97 Å². The van der Waals surface area contributed by atoms with Crippen LogP contribution < -0.4 is 0 Å². The van der Waals surface area contributed by atoms with Gasteiger partial charge in [-0.2, -0.15) is 5.10 Å². The first kappa shape index (κ1) is 11.0. The van der Waals surface area contributed by atoms with E-state index in [2.05, 4.69) is 10.1 Å². The van der Waals surface area contributed by atoms with Gasteiger partial charge < -0.3 is 5.11 Å². The molecule has 1 N–H and O–H groups in total. The van der Waals surface area contributed by atoms with Gasteiger partial charge in [0.25, 0.3) is 0 Å². The third-order valence-corrected chi connectivity index (χ3v) is 2.28. The highest BCUT2D eigenvalue weighted by Gasteiger charge is 2.14. The van der Waals surface area contributed by atoms with Crippen LogP contribution in [-0.4, -0.2) is 32.1 Å². The summed E-state index contributed by atoms with van der Waals surface area (Å²) < 4.78 is 1.41. The Morgan fingerprint density at radius 2 is 2.29 bits per heavy atom. The molecule has 2 aromatic heterocycles.